The van der Waals surface area contributed by atoms with Gasteiger partial charge in [0.15, 0.2) is 6.54 Å². The van der Waals surface area contributed by atoms with E-state index in [0.29, 0.717) is 17.8 Å². The Labute approximate surface area is 160 Å². The second kappa shape index (κ2) is 9.30. The van der Waals surface area contributed by atoms with Crippen molar-refractivity contribution in [3.8, 4) is 5.75 Å². The number of hydrogen-bond acceptors (Lipinski definition) is 3. The molecule has 6 heteroatoms. The van der Waals surface area contributed by atoms with Crippen LogP contribution >= 0.6 is 0 Å². The lowest BCUT2D eigenvalue weighted by Gasteiger charge is -2.29. The second-order valence-corrected chi connectivity index (χ2v) is 7.09. The fourth-order valence-electron chi connectivity index (χ4n) is 3.45. The quantitative estimate of drug-likeness (QED) is 0.399. The number of carbonyl (C=O) groups is 1. The number of hydrazone groups is 1. The van der Waals surface area contributed by atoms with Gasteiger partial charge in [-0.2, -0.15) is 5.10 Å². The average Bonchev–Trinajstić information content (AvgIpc) is 2.69. The molecule has 1 amide bonds. The molecule has 1 fully saturated rings. The summed E-state index contributed by atoms with van der Waals surface area (Å²) in [6.45, 7) is 7.35. The highest BCUT2D eigenvalue weighted by Crippen LogP contribution is 2.15. The number of quaternary nitrogens is 2. The zero-order chi connectivity index (χ0) is 19.1. The first-order chi connectivity index (χ1) is 13.1. The van der Waals surface area contributed by atoms with Gasteiger partial charge < -0.3 is 14.9 Å². The maximum atomic E-state index is 12.2. The van der Waals surface area contributed by atoms with Gasteiger partial charge in [-0.15, -0.1) is 0 Å². The highest BCUT2D eigenvalue weighted by atomic mass is 16.3. The van der Waals surface area contributed by atoms with Crippen molar-refractivity contribution < 1.29 is 19.7 Å². The zero-order valence-corrected chi connectivity index (χ0v) is 15.7. The van der Waals surface area contributed by atoms with Crippen molar-refractivity contribution in [1.29, 1.82) is 0 Å². The summed E-state index contributed by atoms with van der Waals surface area (Å²) < 4.78 is 0. The van der Waals surface area contributed by atoms with Gasteiger partial charge in [0.1, 0.15) is 38.5 Å². The van der Waals surface area contributed by atoms with E-state index in [4.69, 9.17) is 0 Å². The van der Waals surface area contributed by atoms with E-state index in [-0.39, 0.29) is 11.7 Å². The van der Waals surface area contributed by atoms with Crippen molar-refractivity contribution >= 4 is 11.6 Å². The van der Waals surface area contributed by atoms with E-state index in [1.54, 1.807) is 30.0 Å². The first-order valence-electron chi connectivity index (χ1n) is 9.44. The summed E-state index contributed by atoms with van der Waals surface area (Å²) in [5.74, 6) is 0.0717. The first kappa shape index (κ1) is 19.1. The lowest BCUT2D eigenvalue weighted by molar-refractivity contribution is -1.02. The summed E-state index contributed by atoms with van der Waals surface area (Å²) in [5.41, 5.74) is 5.20. The number of aromatic hydroxyl groups is 1. The number of phenolic OH excluding ortho intramolecular Hbond substituents is 1. The lowest BCUT2D eigenvalue weighted by atomic mass is 10.1. The topological polar surface area (TPSA) is 70.6 Å². The molecule has 0 saturated carbocycles. The van der Waals surface area contributed by atoms with Crippen LogP contribution in [-0.2, 0) is 11.3 Å². The molecular formula is C21H28N4O2+2. The van der Waals surface area contributed by atoms with Crippen LogP contribution in [0.4, 0.5) is 0 Å². The maximum Gasteiger partial charge on any atom is 0.295 e. The molecule has 2 aromatic carbocycles. The van der Waals surface area contributed by atoms with Crippen molar-refractivity contribution in [3.05, 3.63) is 65.7 Å². The summed E-state index contributed by atoms with van der Waals surface area (Å²) >= 11 is 0. The predicted molar refractivity (Wildman–Crippen MR) is 105 cm³/mol. The number of piperazine rings is 1. The molecule has 1 aliphatic heterocycles. The Kier molecular flexibility index (Phi) is 6.57. The number of rotatable bonds is 6. The molecule has 0 bridgehead atoms. The Hall–Kier alpha value is -2.70. The molecule has 0 radical (unpaired) electrons. The molecule has 0 atom stereocenters. The van der Waals surface area contributed by atoms with Crippen LogP contribution in [0.15, 0.2) is 59.7 Å². The molecule has 0 aromatic heterocycles. The molecule has 4 N–H and O–H groups in total. The van der Waals surface area contributed by atoms with Gasteiger partial charge in [0, 0.05) is 11.1 Å². The predicted octanol–water partition coefficient (Wildman–Crippen LogP) is -0.784. The highest BCUT2D eigenvalue weighted by molar-refractivity contribution is 6.01. The van der Waals surface area contributed by atoms with Crippen molar-refractivity contribution in [2.24, 2.45) is 5.10 Å². The van der Waals surface area contributed by atoms with Crippen LogP contribution in [0, 0.1) is 0 Å². The van der Waals surface area contributed by atoms with Gasteiger partial charge >= 0.3 is 0 Å². The van der Waals surface area contributed by atoms with Crippen molar-refractivity contribution in [2.45, 2.75) is 13.5 Å². The average molecular weight is 368 g/mol. The van der Waals surface area contributed by atoms with Crippen LogP contribution in [-0.4, -0.2) is 49.4 Å². The fourth-order valence-corrected chi connectivity index (χ4v) is 3.45. The van der Waals surface area contributed by atoms with Gasteiger partial charge in [-0.1, -0.05) is 42.5 Å². The normalized spacial score (nSPS) is 20.3. The second-order valence-electron chi connectivity index (χ2n) is 7.09. The van der Waals surface area contributed by atoms with E-state index in [1.807, 2.05) is 12.1 Å². The Morgan fingerprint density at radius 3 is 2.33 bits per heavy atom. The lowest BCUT2D eigenvalue weighted by Crippen LogP contribution is -3.28. The summed E-state index contributed by atoms with van der Waals surface area (Å²) in [4.78, 5) is 15.1. The van der Waals surface area contributed by atoms with Crippen molar-refractivity contribution in [3.63, 3.8) is 0 Å². The van der Waals surface area contributed by atoms with Crippen molar-refractivity contribution in [1.82, 2.24) is 5.43 Å². The first-order valence-corrected chi connectivity index (χ1v) is 9.44. The number of nitrogens with zero attached hydrogens (tertiary/aromatic N) is 1. The molecule has 1 saturated heterocycles. The largest absolute Gasteiger partial charge is 0.507 e. The van der Waals surface area contributed by atoms with Gasteiger partial charge in [-0.3, -0.25) is 4.79 Å². The van der Waals surface area contributed by atoms with Gasteiger partial charge in [0.25, 0.3) is 5.91 Å². The van der Waals surface area contributed by atoms with Crippen molar-refractivity contribution in [2.75, 3.05) is 32.7 Å². The van der Waals surface area contributed by atoms with Crippen LogP contribution in [0.3, 0.4) is 0 Å². The van der Waals surface area contributed by atoms with Crippen LogP contribution < -0.4 is 15.2 Å². The number of benzene rings is 2. The fraction of sp³-hybridized carbons (Fsp3) is 0.333. The molecule has 0 aliphatic carbocycles. The molecule has 0 unspecified atom stereocenters. The van der Waals surface area contributed by atoms with E-state index >= 15 is 0 Å². The monoisotopic (exact) mass is 368 g/mol. The van der Waals surface area contributed by atoms with Gasteiger partial charge in [0.05, 0.1) is 5.71 Å². The number of carbonyl (C=O) groups excluding carboxylic acids is 1. The minimum atomic E-state index is -0.0914. The molecule has 1 heterocycles. The molecular weight excluding hydrogens is 340 g/mol. The summed E-state index contributed by atoms with van der Waals surface area (Å²) in [7, 11) is 0. The zero-order valence-electron chi connectivity index (χ0n) is 15.7. The third kappa shape index (κ3) is 5.64. The van der Waals surface area contributed by atoms with Gasteiger partial charge in [-0.05, 0) is 19.1 Å². The van der Waals surface area contributed by atoms with Crippen LogP contribution in [0.5, 0.6) is 5.75 Å². The molecule has 2 aromatic rings. The summed E-state index contributed by atoms with van der Waals surface area (Å²) in [6, 6.07) is 17.5. The molecule has 142 valence electrons. The minimum Gasteiger partial charge on any atom is -0.507 e. The van der Waals surface area contributed by atoms with E-state index in [9.17, 15) is 9.90 Å². The number of para-hydroxylation sites is 1. The smallest absolute Gasteiger partial charge is 0.295 e. The highest BCUT2D eigenvalue weighted by Gasteiger charge is 2.24. The Balaban J connectivity index is 1.43. The standard InChI is InChI=1S/C21H26N4O2/c1-17(19-9-5-6-10-20(19)26)22-23-21(27)16-25-13-11-24(12-14-25)15-18-7-3-2-4-8-18/h2-10,26H,11-16H2,1H3,(H,23,27)/p+2/b22-17+. The Morgan fingerprint density at radius 2 is 1.63 bits per heavy atom. The SMILES string of the molecule is C/C(=N\NC(=O)C[NH+]1CC[NH+](Cc2ccccc2)CC1)c1ccccc1O. The van der Waals surface area contributed by atoms with E-state index < -0.39 is 0 Å². The van der Waals surface area contributed by atoms with Crippen LogP contribution in [0.2, 0.25) is 0 Å². The molecule has 0 spiro atoms. The third-order valence-corrected chi connectivity index (χ3v) is 5.01. The molecule has 6 nitrogen and oxygen atoms in total. The Bertz CT molecular complexity index is 784. The molecule has 1 aliphatic rings. The number of phenols is 1. The Morgan fingerprint density at radius 1 is 1.00 bits per heavy atom. The van der Waals surface area contributed by atoms with Crippen LogP contribution in [0.1, 0.15) is 18.1 Å². The van der Waals surface area contributed by atoms with E-state index in [2.05, 4.69) is 34.8 Å². The van der Waals surface area contributed by atoms with E-state index in [1.165, 1.54) is 10.5 Å². The van der Waals surface area contributed by atoms with Gasteiger partial charge in [0.2, 0.25) is 0 Å². The number of nitrogens with one attached hydrogen (secondary N) is 3. The number of amides is 1. The minimum absolute atomic E-state index is 0.0914. The van der Waals surface area contributed by atoms with Crippen LogP contribution in [0.25, 0.3) is 0 Å². The maximum absolute atomic E-state index is 12.2. The van der Waals surface area contributed by atoms with Gasteiger partial charge in [-0.25, -0.2) is 5.43 Å². The third-order valence-electron chi connectivity index (χ3n) is 5.01. The summed E-state index contributed by atoms with van der Waals surface area (Å²) in [6.07, 6.45) is 0. The molecule has 27 heavy (non-hydrogen) atoms. The summed E-state index contributed by atoms with van der Waals surface area (Å²) in [5, 5.41) is 14.0. The number of hydrogen-bond donors (Lipinski definition) is 4. The molecule has 3 rings (SSSR count). The van der Waals surface area contributed by atoms with E-state index in [0.717, 1.165) is 32.7 Å².